The highest BCUT2D eigenvalue weighted by Crippen LogP contribution is 2.25. The lowest BCUT2D eigenvalue weighted by atomic mass is 10.1. The topological polar surface area (TPSA) is 47.8 Å². The number of thioether (sulfide) groups is 1. The number of ketones is 1. The zero-order valence-corrected chi connectivity index (χ0v) is 16.3. The molecule has 3 rings (SSSR count). The molecule has 4 nitrogen and oxygen atoms in total. The minimum absolute atomic E-state index is 0.0975. The minimum Gasteiger partial charge on any atom is -0.308 e. The van der Waals surface area contributed by atoms with Crippen LogP contribution in [0.3, 0.4) is 0 Å². The fraction of sp³-hybridized carbons (Fsp3) is 0.235. The van der Waals surface area contributed by atoms with Gasteiger partial charge in [0.2, 0.25) is 0 Å². The third kappa shape index (κ3) is 4.34. The van der Waals surface area contributed by atoms with Crippen LogP contribution in [0.5, 0.6) is 0 Å². The van der Waals surface area contributed by atoms with Crippen LogP contribution >= 0.6 is 39.0 Å². The summed E-state index contributed by atoms with van der Waals surface area (Å²) < 4.78 is 2.98. The summed E-state index contributed by atoms with van der Waals surface area (Å²) in [7, 11) is 0. The Bertz CT molecular complexity index is 800. The van der Waals surface area contributed by atoms with E-state index in [-0.39, 0.29) is 11.0 Å². The third-order valence-corrected chi connectivity index (χ3v) is 6.10. The number of hydrogen-bond donors (Lipinski definition) is 0. The van der Waals surface area contributed by atoms with Crippen LogP contribution in [0.2, 0.25) is 0 Å². The number of hydrogen-bond acceptors (Lipinski definition) is 5. The number of carbonyl (C=O) groups is 1. The number of Topliss-reactive ketones (excluding diaryl/α,β-unsaturated/α-hetero) is 1. The van der Waals surface area contributed by atoms with Crippen molar-refractivity contribution in [1.29, 1.82) is 0 Å². The molecule has 2 aromatic heterocycles. The van der Waals surface area contributed by atoms with Crippen LogP contribution in [0.15, 0.2) is 57.7 Å². The molecule has 0 radical (unpaired) electrons. The molecule has 24 heavy (non-hydrogen) atoms. The smallest absolute Gasteiger partial charge is 0.191 e. The normalized spacial score (nSPS) is 12.2. The number of thiophene rings is 1. The molecule has 0 spiro atoms. The van der Waals surface area contributed by atoms with E-state index >= 15 is 0 Å². The Morgan fingerprint density at radius 2 is 2.12 bits per heavy atom. The average Bonchev–Trinajstić information content (AvgIpc) is 3.24. The maximum absolute atomic E-state index is 12.5. The molecule has 0 fully saturated rings. The first-order chi connectivity index (χ1) is 11.6. The van der Waals surface area contributed by atoms with Gasteiger partial charge in [0.25, 0.3) is 0 Å². The first kappa shape index (κ1) is 17.4. The van der Waals surface area contributed by atoms with Crippen LogP contribution in [0, 0.1) is 0 Å². The Kier molecular flexibility index (Phi) is 5.86. The van der Waals surface area contributed by atoms with Gasteiger partial charge in [0, 0.05) is 21.5 Å². The van der Waals surface area contributed by atoms with Crippen LogP contribution in [0.25, 0.3) is 0 Å². The largest absolute Gasteiger partial charge is 0.308 e. The van der Waals surface area contributed by atoms with E-state index in [1.165, 1.54) is 16.6 Å². The van der Waals surface area contributed by atoms with E-state index in [1.807, 2.05) is 35.8 Å². The second kappa shape index (κ2) is 8.09. The molecule has 1 aromatic carbocycles. The fourth-order valence-electron chi connectivity index (χ4n) is 2.23. The monoisotopic (exact) mass is 421 g/mol. The highest BCUT2D eigenvalue weighted by Gasteiger charge is 2.19. The molecule has 0 saturated carbocycles. The Morgan fingerprint density at radius 1 is 1.33 bits per heavy atom. The van der Waals surface area contributed by atoms with Gasteiger partial charge in [0.15, 0.2) is 10.9 Å². The van der Waals surface area contributed by atoms with E-state index in [9.17, 15) is 4.79 Å². The lowest BCUT2D eigenvalue weighted by molar-refractivity contribution is 0.0994. The molecule has 0 N–H and O–H groups in total. The number of halogens is 1. The van der Waals surface area contributed by atoms with Gasteiger partial charge in [-0.2, -0.15) is 0 Å². The SMILES string of the molecule is CC(Sc1nncn1CCc1cccs1)C(=O)c1ccc(Br)cc1. The molecule has 7 heteroatoms. The van der Waals surface area contributed by atoms with Crippen molar-refractivity contribution < 1.29 is 4.79 Å². The molecule has 0 aliphatic heterocycles. The Hall–Kier alpha value is -1.44. The molecule has 0 saturated heterocycles. The van der Waals surface area contributed by atoms with Crippen molar-refractivity contribution in [2.45, 2.75) is 30.3 Å². The summed E-state index contributed by atoms with van der Waals surface area (Å²) in [5.41, 5.74) is 0.711. The van der Waals surface area contributed by atoms with Crippen molar-refractivity contribution >= 4 is 44.8 Å². The van der Waals surface area contributed by atoms with Crippen molar-refractivity contribution in [3.8, 4) is 0 Å². The van der Waals surface area contributed by atoms with E-state index in [4.69, 9.17) is 0 Å². The number of nitrogens with zero attached hydrogens (tertiary/aromatic N) is 3. The molecule has 0 aliphatic carbocycles. The summed E-state index contributed by atoms with van der Waals surface area (Å²) in [5.74, 6) is 0.0975. The summed E-state index contributed by atoms with van der Waals surface area (Å²) >= 11 is 6.59. The maximum atomic E-state index is 12.5. The lowest BCUT2D eigenvalue weighted by Gasteiger charge is -2.11. The summed E-state index contributed by atoms with van der Waals surface area (Å²) in [6.45, 7) is 2.72. The Labute approximate surface area is 157 Å². The van der Waals surface area contributed by atoms with Crippen molar-refractivity contribution in [2.75, 3.05) is 0 Å². The standard InChI is InChI=1S/C17H16BrN3OS2/c1-12(16(22)13-4-6-14(18)7-5-13)24-17-20-19-11-21(17)9-8-15-3-2-10-23-15/h2-7,10-12H,8-9H2,1H3. The van der Waals surface area contributed by atoms with E-state index in [1.54, 1.807) is 17.7 Å². The number of aromatic nitrogens is 3. The number of carbonyl (C=O) groups excluding carboxylic acids is 1. The van der Waals surface area contributed by atoms with Gasteiger partial charge < -0.3 is 4.57 Å². The molecule has 1 unspecified atom stereocenters. The number of benzene rings is 1. The molecule has 124 valence electrons. The molecule has 3 aromatic rings. The van der Waals surface area contributed by atoms with Crippen molar-refractivity contribution in [2.24, 2.45) is 0 Å². The second-order valence-electron chi connectivity index (χ2n) is 5.27. The van der Waals surface area contributed by atoms with Crippen LogP contribution in [0.4, 0.5) is 0 Å². The van der Waals surface area contributed by atoms with E-state index in [0.717, 1.165) is 22.6 Å². The van der Waals surface area contributed by atoms with Crippen molar-refractivity contribution in [3.05, 3.63) is 63.0 Å². The number of rotatable bonds is 7. The van der Waals surface area contributed by atoms with Gasteiger partial charge in [-0.1, -0.05) is 45.9 Å². The Morgan fingerprint density at radius 3 is 2.83 bits per heavy atom. The summed E-state index contributed by atoms with van der Waals surface area (Å²) in [6, 6.07) is 11.6. The fourth-order valence-corrected chi connectivity index (χ4v) is 4.12. The summed E-state index contributed by atoms with van der Waals surface area (Å²) in [5, 5.41) is 10.8. The minimum atomic E-state index is -0.212. The van der Waals surface area contributed by atoms with E-state index < -0.39 is 0 Å². The average molecular weight is 422 g/mol. The molecule has 2 heterocycles. The van der Waals surface area contributed by atoms with Gasteiger partial charge >= 0.3 is 0 Å². The van der Waals surface area contributed by atoms with Gasteiger partial charge in [-0.05, 0) is 36.9 Å². The van der Waals surface area contributed by atoms with Crippen LogP contribution in [-0.2, 0) is 13.0 Å². The predicted octanol–water partition coefficient (Wildman–Crippen LogP) is 4.71. The highest BCUT2D eigenvalue weighted by atomic mass is 79.9. The van der Waals surface area contributed by atoms with Crippen LogP contribution in [0.1, 0.15) is 22.2 Å². The number of aryl methyl sites for hydroxylation is 2. The molecule has 0 amide bonds. The first-order valence-electron chi connectivity index (χ1n) is 7.50. The quantitative estimate of drug-likeness (QED) is 0.409. The zero-order valence-electron chi connectivity index (χ0n) is 13.1. The first-order valence-corrected chi connectivity index (χ1v) is 10.1. The van der Waals surface area contributed by atoms with Gasteiger partial charge in [0.1, 0.15) is 6.33 Å². The molecule has 1 atom stereocenters. The second-order valence-corrected chi connectivity index (χ2v) is 8.52. The third-order valence-electron chi connectivity index (χ3n) is 3.54. The van der Waals surface area contributed by atoms with E-state index in [0.29, 0.717) is 5.56 Å². The van der Waals surface area contributed by atoms with Gasteiger partial charge in [-0.15, -0.1) is 21.5 Å². The zero-order chi connectivity index (χ0) is 16.9. The van der Waals surface area contributed by atoms with Gasteiger partial charge in [-0.25, -0.2) is 0 Å². The van der Waals surface area contributed by atoms with Gasteiger partial charge in [0.05, 0.1) is 5.25 Å². The van der Waals surface area contributed by atoms with Crippen LogP contribution in [-0.4, -0.2) is 25.8 Å². The van der Waals surface area contributed by atoms with E-state index in [2.05, 4.69) is 43.6 Å². The summed E-state index contributed by atoms with van der Waals surface area (Å²) in [4.78, 5) is 13.9. The van der Waals surface area contributed by atoms with Crippen LogP contribution < -0.4 is 0 Å². The lowest BCUT2D eigenvalue weighted by Crippen LogP contribution is -2.14. The maximum Gasteiger partial charge on any atom is 0.191 e. The van der Waals surface area contributed by atoms with Crippen molar-refractivity contribution in [3.63, 3.8) is 0 Å². The predicted molar refractivity (Wildman–Crippen MR) is 102 cm³/mol. The molecular weight excluding hydrogens is 406 g/mol. The molecular formula is C17H16BrN3OS2. The van der Waals surface area contributed by atoms with Crippen molar-refractivity contribution in [1.82, 2.24) is 14.8 Å². The molecule has 0 aliphatic rings. The van der Waals surface area contributed by atoms with Gasteiger partial charge in [-0.3, -0.25) is 4.79 Å². The Balaban J connectivity index is 1.64. The molecule has 0 bridgehead atoms. The summed E-state index contributed by atoms with van der Waals surface area (Å²) in [6.07, 6.45) is 2.67. The highest BCUT2D eigenvalue weighted by molar-refractivity contribution is 9.10.